The van der Waals surface area contributed by atoms with E-state index in [1.165, 1.54) is 24.0 Å². The van der Waals surface area contributed by atoms with Crippen molar-refractivity contribution >= 4 is 34.1 Å². The van der Waals surface area contributed by atoms with Gasteiger partial charge in [-0.25, -0.2) is 8.42 Å². The van der Waals surface area contributed by atoms with Crippen LogP contribution in [0.1, 0.15) is 26.2 Å². The molecule has 0 aromatic heterocycles. The maximum Gasteiger partial charge on any atom is 0.305 e. The van der Waals surface area contributed by atoms with Gasteiger partial charge in [-0.3, -0.25) is 14.4 Å². The van der Waals surface area contributed by atoms with Crippen LogP contribution in [-0.2, 0) is 29.2 Å². The summed E-state index contributed by atoms with van der Waals surface area (Å²) in [7, 11) is -3.92. The zero-order valence-electron chi connectivity index (χ0n) is 15.8. The largest absolute Gasteiger partial charge is 0.481 e. The molecule has 1 aliphatic rings. The van der Waals surface area contributed by atoms with Crippen LogP contribution in [0.3, 0.4) is 0 Å². The first-order chi connectivity index (χ1) is 13.7. The lowest BCUT2D eigenvalue weighted by Gasteiger charge is -2.27. The number of aldehydes is 1. The minimum absolute atomic E-state index is 0.0119. The second kappa shape index (κ2) is 9.61. The molecule has 1 aromatic carbocycles. The predicted octanol–water partition coefficient (Wildman–Crippen LogP) is -0.497. The molecule has 0 aliphatic carbocycles. The number of hydrogen-bond donors (Lipinski definition) is 3. The van der Waals surface area contributed by atoms with Crippen LogP contribution in [0.15, 0.2) is 35.2 Å². The lowest BCUT2D eigenvalue weighted by atomic mass is 10.1. The van der Waals surface area contributed by atoms with Crippen molar-refractivity contribution in [1.29, 1.82) is 0 Å². The lowest BCUT2D eigenvalue weighted by molar-refractivity contribution is -0.141. The molecular formula is C18H23N3O7S. The van der Waals surface area contributed by atoms with Crippen LogP contribution in [0, 0.1) is 0 Å². The van der Waals surface area contributed by atoms with Gasteiger partial charge in [0.05, 0.1) is 23.4 Å². The summed E-state index contributed by atoms with van der Waals surface area (Å²) in [6.45, 7) is 1.63. The minimum Gasteiger partial charge on any atom is -0.481 e. The number of hydrogen-bond acceptors (Lipinski definition) is 6. The molecule has 1 aliphatic heterocycles. The number of rotatable bonds is 9. The van der Waals surface area contributed by atoms with Crippen LogP contribution in [0.25, 0.3) is 0 Å². The molecule has 1 fully saturated rings. The van der Waals surface area contributed by atoms with E-state index in [-0.39, 0.29) is 11.4 Å². The zero-order chi connectivity index (χ0) is 21.6. The maximum absolute atomic E-state index is 12.8. The van der Waals surface area contributed by atoms with Gasteiger partial charge in [0.25, 0.3) is 0 Å². The number of carbonyl (C=O) groups is 4. The topological polar surface area (TPSA) is 150 Å². The standard InChI is InChI=1S/C18H23N3O7S/c1-12(20-29(27,28)14-6-3-2-4-7-14)18(26)21-9-5-8-15(21)17(25)19-13(11-22)10-16(23)24/h2-4,6-7,11-13,15,20H,5,8-10H2,1H3,(H,19,25)(H,23,24)/t12-,13-,15?/m0/s1. The van der Waals surface area contributed by atoms with Gasteiger partial charge in [-0.05, 0) is 31.9 Å². The third kappa shape index (κ3) is 5.84. The van der Waals surface area contributed by atoms with E-state index < -0.39 is 52.4 Å². The van der Waals surface area contributed by atoms with Gasteiger partial charge < -0.3 is 20.1 Å². The van der Waals surface area contributed by atoms with Gasteiger partial charge in [0.15, 0.2) is 0 Å². The molecule has 158 valence electrons. The van der Waals surface area contributed by atoms with E-state index in [9.17, 15) is 27.6 Å². The molecule has 11 heteroatoms. The molecule has 1 unspecified atom stereocenters. The number of sulfonamides is 1. The molecule has 1 aromatic rings. The van der Waals surface area contributed by atoms with E-state index in [2.05, 4.69) is 10.0 Å². The highest BCUT2D eigenvalue weighted by Gasteiger charge is 2.37. The summed E-state index contributed by atoms with van der Waals surface area (Å²) in [6.07, 6.45) is 0.605. The van der Waals surface area contributed by atoms with Crippen LogP contribution in [0.4, 0.5) is 0 Å². The molecule has 10 nitrogen and oxygen atoms in total. The monoisotopic (exact) mass is 425 g/mol. The van der Waals surface area contributed by atoms with E-state index in [0.29, 0.717) is 19.1 Å². The van der Waals surface area contributed by atoms with Gasteiger partial charge in [-0.1, -0.05) is 18.2 Å². The SMILES string of the molecule is C[C@H](NS(=O)(=O)c1ccccc1)C(=O)N1CCCC1C(=O)N[C@H](C=O)CC(=O)O. The van der Waals surface area contributed by atoms with Crippen molar-refractivity contribution in [1.82, 2.24) is 14.9 Å². The Labute approximate surface area is 168 Å². The highest BCUT2D eigenvalue weighted by molar-refractivity contribution is 7.89. The van der Waals surface area contributed by atoms with Crippen LogP contribution in [-0.4, -0.2) is 67.2 Å². The van der Waals surface area contributed by atoms with Crippen LogP contribution in [0.5, 0.6) is 0 Å². The molecule has 2 amide bonds. The molecule has 29 heavy (non-hydrogen) atoms. The Hall–Kier alpha value is -2.79. The number of nitrogens with one attached hydrogen (secondary N) is 2. The van der Waals surface area contributed by atoms with Crippen LogP contribution < -0.4 is 10.0 Å². The summed E-state index contributed by atoms with van der Waals surface area (Å²) in [5.74, 6) is -2.47. The van der Waals surface area contributed by atoms with E-state index in [0.717, 1.165) is 0 Å². The fourth-order valence-corrected chi connectivity index (χ4v) is 4.32. The van der Waals surface area contributed by atoms with E-state index in [1.807, 2.05) is 0 Å². The summed E-state index contributed by atoms with van der Waals surface area (Å²) in [5.41, 5.74) is 0. The summed E-state index contributed by atoms with van der Waals surface area (Å²) in [5, 5.41) is 11.1. The lowest BCUT2D eigenvalue weighted by Crippen LogP contribution is -2.54. The second-order valence-electron chi connectivity index (χ2n) is 6.69. The third-order valence-corrected chi connectivity index (χ3v) is 6.04. The highest BCUT2D eigenvalue weighted by atomic mass is 32.2. The van der Waals surface area contributed by atoms with E-state index >= 15 is 0 Å². The number of carboxylic acids is 1. The summed E-state index contributed by atoms with van der Waals surface area (Å²) in [4.78, 5) is 48.2. The van der Waals surface area contributed by atoms with Gasteiger partial charge in [0.1, 0.15) is 12.3 Å². The fourth-order valence-electron chi connectivity index (χ4n) is 3.10. The van der Waals surface area contributed by atoms with Crippen molar-refractivity contribution in [2.45, 2.75) is 49.2 Å². The molecular weight excluding hydrogens is 402 g/mol. The fraction of sp³-hybridized carbons (Fsp3) is 0.444. The molecule has 0 spiro atoms. The van der Waals surface area contributed by atoms with Crippen molar-refractivity contribution in [3.8, 4) is 0 Å². The van der Waals surface area contributed by atoms with Crippen molar-refractivity contribution in [2.75, 3.05) is 6.54 Å². The summed E-state index contributed by atoms with van der Waals surface area (Å²) >= 11 is 0. The first-order valence-electron chi connectivity index (χ1n) is 9.01. The zero-order valence-corrected chi connectivity index (χ0v) is 16.6. The minimum atomic E-state index is -3.92. The van der Waals surface area contributed by atoms with Gasteiger partial charge in [-0.15, -0.1) is 0 Å². The molecule has 1 saturated heterocycles. The number of carboxylic acid groups (broad SMARTS) is 1. The predicted molar refractivity (Wildman–Crippen MR) is 101 cm³/mol. The summed E-state index contributed by atoms with van der Waals surface area (Å²) in [6, 6.07) is 4.35. The Bertz CT molecular complexity index is 873. The quantitative estimate of drug-likeness (QED) is 0.452. The van der Waals surface area contributed by atoms with Crippen molar-refractivity contribution < 1.29 is 32.7 Å². The average molecular weight is 425 g/mol. The molecule has 1 heterocycles. The van der Waals surface area contributed by atoms with Gasteiger partial charge in [0.2, 0.25) is 21.8 Å². The number of nitrogens with zero attached hydrogens (tertiary/aromatic N) is 1. The van der Waals surface area contributed by atoms with Crippen LogP contribution in [0.2, 0.25) is 0 Å². The van der Waals surface area contributed by atoms with Gasteiger partial charge in [-0.2, -0.15) is 4.72 Å². The van der Waals surface area contributed by atoms with Crippen molar-refractivity contribution in [2.24, 2.45) is 0 Å². The van der Waals surface area contributed by atoms with E-state index in [4.69, 9.17) is 5.11 Å². The molecule has 0 radical (unpaired) electrons. The Morgan fingerprint density at radius 2 is 1.93 bits per heavy atom. The number of amides is 2. The van der Waals surface area contributed by atoms with Gasteiger partial charge in [0, 0.05) is 6.54 Å². The first kappa shape index (κ1) is 22.5. The Kier molecular flexibility index (Phi) is 7.46. The molecule has 0 bridgehead atoms. The Morgan fingerprint density at radius 1 is 1.28 bits per heavy atom. The first-order valence-corrected chi connectivity index (χ1v) is 10.5. The second-order valence-corrected chi connectivity index (χ2v) is 8.41. The Balaban J connectivity index is 2.06. The number of benzene rings is 1. The molecule has 3 atom stereocenters. The maximum atomic E-state index is 12.8. The van der Waals surface area contributed by atoms with Crippen LogP contribution >= 0.6 is 0 Å². The average Bonchev–Trinajstić information content (AvgIpc) is 3.16. The number of carbonyl (C=O) groups excluding carboxylic acids is 3. The molecule has 2 rings (SSSR count). The Morgan fingerprint density at radius 3 is 2.52 bits per heavy atom. The van der Waals surface area contributed by atoms with Gasteiger partial charge >= 0.3 is 5.97 Å². The number of likely N-dealkylation sites (tertiary alicyclic amines) is 1. The summed E-state index contributed by atoms with van der Waals surface area (Å²) < 4.78 is 27.1. The highest BCUT2D eigenvalue weighted by Crippen LogP contribution is 2.19. The third-order valence-electron chi connectivity index (χ3n) is 4.48. The van der Waals surface area contributed by atoms with Crippen molar-refractivity contribution in [3.63, 3.8) is 0 Å². The number of aliphatic carboxylic acids is 1. The molecule has 0 saturated carbocycles. The smallest absolute Gasteiger partial charge is 0.305 e. The molecule has 3 N–H and O–H groups in total. The van der Waals surface area contributed by atoms with Crippen molar-refractivity contribution in [3.05, 3.63) is 30.3 Å². The van der Waals surface area contributed by atoms with E-state index in [1.54, 1.807) is 18.2 Å². The normalized spacial score (nSPS) is 18.7.